The molecule has 0 amide bonds. The Labute approximate surface area is 123 Å². The summed E-state index contributed by atoms with van der Waals surface area (Å²) < 4.78 is 158. The second-order valence-electron chi connectivity index (χ2n) is 3.21. The first kappa shape index (κ1) is 24.2. The Bertz CT molecular complexity index is 533. The van der Waals surface area contributed by atoms with E-state index in [-0.39, 0.29) is 0 Å². The first-order chi connectivity index (χ1) is 10.5. The van der Waals surface area contributed by atoms with Crippen LogP contribution in [0.5, 0.6) is 0 Å². The van der Waals surface area contributed by atoms with Crippen LogP contribution in [0.25, 0.3) is 0 Å². The molecule has 0 aromatic heterocycles. The van der Waals surface area contributed by atoms with Gasteiger partial charge in [-0.25, -0.2) is 13.2 Å². The van der Waals surface area contributed by atoms with Crippen molar-refractivity contribution in [2.45, 2.75) is 12.4 Å². The minimum atomic E-state index is -5.44. The van der Waals surface area contributed by atoms with Crippen molar-refractivity contribution in [2.75, 3.05) is 0 Å². The minimum Gasteiger partial charge on any atom is -0.204 e. The fraction of sp³-hybridized carbons (Fsp3) is 0.200. The quantitative estimate of drug-likeness (QED) is 0.354. The molecule has 0 saturated heterocycles. The van der Waals surface area contributed by atoms with Crippen LogP contribution in [0.15, 0.2) is 47.6 Å². The minimum absolute atomic E-state index is 0.921. The summed E-state index contributed by atoms with van der Waals surface area (Å²) in [4.78, 5) is 0. The smallest absolute Gasteiger partial charge is 0.204 e. The largest absolute Gasteiger partial charge is 0.443 e. The van der Waals surface area contributed by atoms with Gasteiger partial charge in [-0.05, 0) is 0 Å². The van der Waals surface area contributed by atoms with E-state index in [2.05, 4.69) is 0 Å². The molecule has 0 aromatic carbocycles. The van der Waals surface area contributed by atoms with Gasteiger partial charge in [-0.2, -0.15) is 48.3 Å². The number of allylic oxidation sites excluding steroid dienone is 6. The fourth-order valence-corrected chi connectivity index (χ4v) is 0.545. The zero-order chi connectivity index (χ0) is 19.9. The fourth-order valence-electron chi connectivity index (χ4n) is 0.545. The van der Waals surface area contributed by atoms with Crippen LogP contribution in [0.1, 0.15) is 0 Å². The summed E-state index contributed by atoms with van der Waals surface area (Å²) in [5, 5.41) is 0. The van der Waals surface area contributed by atoms with Gasteiger partial charge in [-0.15, -0.1) is 0 Å². The zero-order valence-electron chi connectivity index (χ0n) is 10.4. The maximum absolute atomic E-state index is 11.8. The van der Waals surface area contributed by atoms with Gasteiger partial charge in [-0.1, -0.05) is 0 Å². The van der Waals surface area contributed by atoms with Crippen molar-refractivity contribution in [1.82, 2.24) is 0 Å². The standard InChI is InChI=1S/2C5HF7/c6-2(1-5(10,11)12)3(7)4(8)9;6-2(4(8)9)1-3(7)5(10,11)12/h2*1H. The highest BCUT2D eigenvalue weighted by atomic mass is 19.4. The van der Waals surface area contributed by atoms with Gasteiger partial charge >= 0.3 is 24.5 Å². The van der Waals surface area contributed by atoms with Gasteiger partial charge in [0.1, 0.15) is 0 Å². The molecule has 0 heterocycles. The van der Waals surface area contributed by atoms with Crippen molar-refractivity contribution >= 4 is 0 Å². The normalized spacial score (nSPS) is 13.1. The van der Waals surface area contributed by atoms with Gasteiger partial charge in [0.05, 0.1) is 6.08 Å². The lowest BCUT2D eigenvalue weighted by Gasteiger charge is -2.00. The molecule has 140 valence electrons. The van der Waals surface area contributed by atoms with E-state index in [1.807, 2.05) is 0 Å². The highest BCUT2D eigenvalue weighted by Crippen LogP contribution is 2.28. The van der Waals surface area contributed by atoms with Crippen LogP contribution in [0.3, 0.4) is 0 Å². The molecule has 0 saturated carbocycles. The molecule has 0 radical (unpaired) electrons. The van der Waals surface area contributed by atoms with E-state index >= 15 is 0 Å². The van der Waals surface area contributed by atoms with E-state index in [0.29, 0.717) is 0 Å². The summed E-state index contributed by atoms with van der Waals surface area (Å²) in [6.45, 7) is 0. The van der Waals surface area contributed by atoms with Crippen molar-refractivity contribution in [1.29, 1.82) is 0 Å². The van der Waals surface area contributed by atoms with Crippen molar-refractivity contribution < 1.29 is 61.5 Å². The summed E-state index contributed by atoms with van der Waals surface area (Å²) in [5.41, 5.74) is 0. The third-order valence-corrected chi connectivity index (χ3v) is 1.37. The van der Waals surface area contributed by atoms with Crippen LogP contribution in [-0.2, 0) is 0 Å². The van der Waals surface area contributed by atoms with Crippen LogP contribution in [0.2, 0.25) is 0 Å². The SMILES string of the molecule is FC(=CC(F)(F)F)C(F)=C(F)F.FC(=CC(F)=C(F)F)C(F)(F)F. The molecule has 0 nitrogen and oxygen atoms in total. The van der Waals surface area contributed by atoms with E-state index in [9.17, 15) is 61.5 Å². The van der Waals surface area contributed by atoms with Crippen molar-refractivity contribution in [3.8, 4) is 0 Å². The van der Waals surface area contributed by atoms with Crippen LogP contribution >= 0.6 is 0 Å². The molecular weight excluding hydrogens is 386 g/mol. The van der Waals surface area contributed by atoms with Crippen molar-refractivity contribution in [2.24, 2.45) is 0 Å². The maximum atomic E-state index is 11.8. The molecule has 0 unspecified atom stereocenters. The number of halogens is 14. The highest BCUT2D eigenvalue weighted by Gasteiger charge is 2.35. The number of rotatable bonds is 2. The van der Waals surface area contributed by atoms with Crippen LogP contribution < -0.4 is 0 Å². The molecule has 0 fully saturated rings. The van der Waals surface area contributed by atoms with Crippen molar-refractivity contribution in [3.63, 3.8) is 0 Å². The summed E-state index contributed by atoms with van der Waals surface area (Å²) in [7, 11) is 0. The summed E-state index contributed by atoms with van der Waals surface area (Å²) in [6.07, 6.45) is -18.8. The molecular formula is C10H2F14. The van der Waals surface area contributed by atoms with E-state index in [4.69, 9.17) is 0 Å². The van der Waals surface area contributed by atoms with Crippen LogP contribution in [-0.4, -0.2) is 12.4 Å². The average molecular weight is 388 g/mol. The molecule has 0 bridgehead atoms. The Hall–Kier alpha value is -2.02. The number of hydrogen-bond acceptors (Lipinski definition) is 0. The molecule has 0 spiro atoms. The maximum Gasteiger partial charge on any atom is 0.443 e. The van der Waals surface area contributed by atoms with Crippen molar-refractivity contribution in [3.05, 3.63) is 47.6 Å². The predicted octanol–water partition coefficient (Wildman–Crippen LogP) is 6.96. The molecule has 0 aromatic rings. The number of hydrogen-bond donors (Lipinski definition) is 0. The second kappa shape index (κ2) is 9.32. The van der Waals surface area contributed by atoms with Crippen LogP contribution in [0.4, 0.5) is 61.5 Å². The van der Waals surface area contributed by atoms with E-state index in [1.54, 1.807) is 0 Å². The molecule has 0 aliphatic carbocycles. The van der Waals surface area contributed by atoms with Gasteiger partial charge in [0.15, 0.2) is 11.7 Å². The summed E-state index contributed by atoms with van der Waals surface area (Å²) in [6, 6.07) is 0. The average Bonchev–Trinajstić information content (AvgIpc) is 2.34. The lowest BCUT2D eigenvalue weighted by atomic mass is 10.4. The molecule has 0 atom stereocenters. The highest BCUT2D eigenvalue weighted by molar-refractivity contribution is 5.20. The molecule has 0 aliphatic rings. The Morgan fingerprint density at radius 1 is 0.625 bits per heavy atom. The van der Waals surface area contributed by atoms with Crippen LogP contribution in [0, 0.1) is 0 Å². The predicted molar refractivity (Wildman–Crippen MR) is 51.2 cm³/mol. The topological polar surface area (TPSA) is 0 Å². The molecule has 0 rings (SSSR count). The van der Waals surface area contributed by atoms with Gasteiger partial charge in [0, 0.05) is 6.08 Å². The van der Waals surface area contributed by atoms with E-state index in [0.717, 1.165) is 0 Å². The third kappa shape index (κ3) is 11.5. The molecule has 0 N–H and O–H groups in total. The lowest BCUT2D eigenvalue weighted by Crippen LogP contribution is -2.07. The van der Waals surface area contributed by atoms with Gasteiger partial charge < -0.3 is 0 Å². The zero-order valence-corrected chi connectivity index (χ0v) is 10.4. The first-order valence-corrected chi connectivity index (χ1v) is 4.80. The summed E-state index contributed by atoms with van der Waals surface area (Å²) >= 11 is 0. The number of alkyl halides is 6. The Morgan fingerprint density at radius 2 is 1.04 bits per heavy atom. The monoisotopic (exact) mass is 388 g/mol. The van der Waals surface area contributed by atoms with Gasteiger partial charge in [0.25, 0.3) is 0 Å². The first-order valence-electron chi connectivity index (χ1n) is 4.80. The van der Waals surface area contributed by atoms with Gasteiger partial charge in [0.2, 0.25) is 11.7 Å². The van der Waals surface area contributed by atoms with Gasteiger partial charge in [-0.3, -0.25) is 0 Å². The summed E-state index contributed by atoms with van der Waals surface area (Å²) in [5.74, 6) is -10.9. The Kier molecular flexibility index (Phi) is 9.41. The van der Waals surface area contributed by atoms with E-state index in [1.165, 1.54) is 0 Å². The second-order valence-corrected chi connectivity index (χ2v) is 3.21. The molecule has 24 heavy (non-hydrogen) atoms. The molecule has 0 aliphatic heterocycles. The molecule has 14 heteroatoms. The Balaban J connectivity index is 0. The van der Waals surface area contributed by atoms with E-state index < -0.39 is 60.0 Å². The third-order valence-electron chi connectivity index (χ3n) is 1.37. The lowest BCUT2D eigenvalue weighted by molar-refractivity contribution is -0.108. The Morgan fingerprint density at radius 3 is 1.29 bits per heavy atom.